The van der Waals surface area contributed by atoms with E-state index in [0.717, 1.165) is 6.07 Å². The lowest BCUT2D eigenvalue weighted by Crippen LogP contribution is -2.16. The van der Waals surface area contributed by atoms with Crippen LogP contribution in [-0.2, 0) is 4.79 Å². The molecule has 0 spiro atoms. The van der Waals surface area contributed by atoms with Gasteiger partial charge in [-0.15, -0.1) is 11.6 Å². The summed E-state index contributed by atoms with van der Waals surface area (Å²) in [6.45, 7) is 0. The standard InChI is InChI=1S/C15H11ClN2O4/c16-9-14(19)17-13-7-6-11(18(21)22)8-12(13)15(20)10-4-2-1-3-5-10/h1-8H,9H2,(H,17,19). The fourth-order valence-corrected chi connectivity index (χ4v) is 1.94. The summed E-state index contributed by atoms with van der Waals surface area (Å²) in [5, 5.41) is 13.4. The molecular weight excluding hydrogens is 308 g/mol. The zero-order chi connectivity index (χ0) is 16.1. The predicted octanol–water partition coefficient (Wildman–Crippen LogP) is 3.00. The van der Waals surface area contributed by atoms with E-state index in [4.69, 9.17) is 11.6 Å². The Morgan fingerprint density at radius 1 is 1.14 bits per heavy atom. The van der Waals surface area contributed by atoms with Crippen LogP contribution >= 0.6 is 11.6 Å². The summed E-state index contributed by atoms with van der Waals surface area (Å²) in [6.07, 6.45) is 0. The summed E-state index contributed by atoms with van der Waals surface area (Å²) in [5.74, 6) is -1.21. The number of hydrogen-bond donors (Lipinski definition) is 1. The molecular formula is C15H11ClN2O4. The Morgan fingerprint density at radius 2 is 1.82 bits per heavy atom. The van der Waals surface area contributed by atoms with Crippen molar-refractivity contribution in [1.29, 1.82) is 0 Å². The van der Waals surface area contributed by atoms with Crippen LogP contribution in [0.4, 0.5) is 11.4 Å². The maximum Gasteiger partial charge on any atom is 0.270 e. The predicted molar refractivity (Wildman–Crippen MR) is 82.3 cm³/mol. The molecule has 2 aromatic carbocycles. The Kier molecular flexibility index (Phi) is 4.85. The number of nitro benzene ring substituents is 1. The van der Waals surface area contributed by atoms with E-state index in [1.807, 2.05) is 0 Å². The van der Waals surface area contributed by atoms with E-state index in [1.54, 1.807) is 30.3 Å². The number of nitro groups is 1. The highest BCUT2D eigenvalue weighted by Crippen LogP contribution is 2.25. The molecule has 0 atom stereocenters. The molecule has 112 valence electrons. The number of nitrogens with one attached hydrogen (secondary N) is 1. The first-order chi connectivity index (χ1) is 10.5. The Bertz CT molecular complexity index is 732. The number of hydrogen-bond acceptors (Lipinski definition) is 4. The number of amides is 1. The quantitative estimate of drug-likeness (QED) is 0.397. The number of carbonyl (C=O) groups is 2. The molecule has 0 saturated carbocycles. The molecule has 0 unspecified atom stereocenters. The maximum atomic E-state index is 12.5. The van der Waals surface area contributed by atoms with E-state index in [0.29, 0.717) is 5.56 Å². The van der Waals surface area contributed by atoms with Crippen LogP contribution in [0.3, 0.4) is 0 Å². The van der Waals surface area contributed by atoms with Crippen LogP contribution < -0.4 is 5.32 Å². The van der Waals surface area contributed by atoms with E-state index >= 15 is 0 Å². The Hall–Kier alpha value is -2.73. The molecule has 0 aromatic heterocycles. The number of alkyl halides is 1. The summed E-state index contributed by atoms with van der Waals surface area (Å²) < 4.78 is 0. The largest absolute Gasteiger partial charge is 0.324 e. The Balaban J connectivity index is 2.49. The SMILES string of the molecule is O=C(CCl)Nc1ccc([N+](=O)[O-])cc1C(=O)c1ccccc1. The molecule has 0 bridgehead atoms. The van der Waals surface area contributed by atoms with E-state index in [2.05, 4.69) is 5.32 Å². The van der Waals surface area contributed by atoms with Crippen LogP contribution in [0.5, 0.6) is 0 Å². The summed E-state index contributed by atoms with van der Waals surface area (Å²) >= 11 is 5.43. The van der Waals surface area contributed by atoms with Gasteiger partial charge in [-0.1, -0.05) is 30.3 Å². The van der Waals surface area contributed by atoms with Gasteiger partial charge in [0.1, 0.15) is 5.88 Å². The summed E-state index contributed by atoms with van der Waals surface area (Å²) in [5.41, 5.74) is 0.358. The molecule has 22 heavy (non-hydrogen) atoms. The molecule has 0 fully saturated rings. The van der Waals surface area contributed by atoms with Gasteiger partial charge in [0, 0.05) is 17.7 Å². The molecule has 0 aliphatic carbocycles. The zero-order valence-corrected chi connectivity index (χ0v) is 12.0. The minimum absolute atomic E-state index is 0.0406. The van der Waals surface area contributed by atoms with Gasteiger partial charge in [-0.25, -0.2) is 0 Å². The first kappa shape index (κ1) is 15.7. The topological polar surface area (TPSA) is 89.3 Å². The summed E-state index contributed by atoms with van der Waals surface area (Å²) in [4.78, 5) is 34.2. The van der Waals surface area contributed by atoms with Crippen molar-refractivity contribution in [2.75, 3.05) is 11.2 Å². The van der Waals surface area contributed by atoms with Crippen molar-refractivity contribution in [1.82, 2.24) is 0 Å². The second-order valence-corrected chi connectivity index (χ2v) is 4.63. The molecule has 0 aliphatic rings. The fourth-order valence-electron chi connectivity index (χ4n) is 1.87. The fraction of sp³-hybridized carbons (Fsp3) is 0.0667. The lowest BCUT2D eigenvalue weighted by Gasteiger charge is -2.09. The van der Waals surface area contributed by atoms with Crippen LogP contribution in [0.1, 0.15) is 15.9 Å². The highest BCUT2D eigenvalue weighted by Gasteiger charge is 2.19. The van der Waals surface area contributed by atoms with Crippen molar-refractivity contribution < 1.29 is 14.5 Å². The zero-order valence-electron chi connectivity index (χ0n) is 11.3. The molecule has 0 saturated heterocycles. The van der Waals surface area contributed by atoms with Gasteiger partial charge in [-0.3, -0.25) is 19.7 Å². The number of anilines is 1. The van der Waals surface area contributed by atoms with Crippen molar-refractivity contribution in [3.8, 4) is 0 Å². The normalized spacial score (nSPS) is 10.0. The van der Waals surface area contributed by atoms with Crippen molar-refractivity contribution in [2.24, 2.45) is 0 Å². The lowest BCUT2D eigenvalue weighted by molar-refractivity contribution is -0.384. The average Bonchev–Trinajstić information content (AvgIpc) is 2.55. The monoisotopic (exact) mass is 318 g/mol. The Labute approximate surface area is 130 Å². The third-order valence-electron chi connectivity index (χ3n) is 2.89. The van der Waals surface area contributed by atoms with E-state index in [1.165, 1.54) is 12.1 Å². The number of ketones is 1. The van der Waals surface area contributed by atoms with Crippen molar-refractivity contribution in [2.45, 2.75) is 0 Å². The number of carbonyl (C=O) groups excluding carboxylic acids is 2. The first-order valence-corrected chi connectivity index (χ1v) is 6.80. The van der Waals surface area contributed by atoms with Gasteiger partial charge in [-0.05, 0) is 6.07 Å². The molecule has 1 amide bonds. The second kappa shape index (κ2) is 6.82. The van der Waals surface area contributed by atoms with E-state index in [9.17, 15) is 19.7 Å². The van der Waals surface area contributed by atoms with Crippen molar-refractivity contribution in [3.05, 3.63) is 69.8 Å². The third kappa shape index (κ3) is 3.48. The van der Waals surface area contributed by atoms with Crippen LogP contribution in [0, 0.1) is 10.1 Å². The van der Waals surface area contributed by atoms with Gasteiger partial charge < -0.3 is 5.32 Å². The number of nitrogens with zero attached hydrogens (tertiary/aromatic N) is 1. The minimum Gasteiger partial charge on any atom is -0.324 e. The van der Waals surface area contributed by atoms with Crippen LogP contribution in [0.25, 0.3) is 0 Å². The molecule has 0 aliphatic heterocycles. The minimum atomic E-state index is -0.602. The van der Waals surface area contributed by atoms with Crippen LogP contribution in [0.2, 0.25) is 0 Å². The number of halogens is 1. The highest BCUT2D eigenvalue weighted by molar-refractivity contribution is 6.29. The average molecular weight is 319 g/mol. The number of benzene rings is 2. The first-order valence-electron chi connectivity index (χ1n) is 6.27. The maximum absolute atomic E-state index is 12.5. The third-order valence-corrected chi connectivity index (χ3v) is 3.13. The van der Waals surface area contributed by atoms with Gasteiger partial charge >= 0.3 is 0 Å². The van der Waals surface area contributed by atoms with Crippen LogP contribution in [0.15, 0.2) is 48.5 Å². The Morgan fingerprint density at radius 3 is 2.41 bits per heavy atom. The molecule has 7 heteroatoms. The molecule has 1 N–H and O–H groups in total. The van der Waals surface area contributed by atoms with Crippen molar-refractivity contribution in [3.63, 3.8) is 0 Å². The van der Waals surface area contributed by atoms with Crippen molar-refractivity contribution >= 4 is 34.7 Å². The number of rotatable bonds is 5. The van der Waals surface area contributed by atoms with Crippen LogP contribution in [-0.4, -0.2) is 22.5 Å². The smallest absolute Gasteiger partial charge is 0.270 e. The lowest BCUT2D eigenvalue weighted by atomic mass is 10.0. The van der Waals surface area contributed by atoms with Gasteiger partial charge in [0.25, 0.3) is 5.69 Å². The van der Waals surface area contributed by atoms with Gasteiger partial charge in [-0.2, -0.15) is 0 Å². The second-order valence-electron chi connectivity index (χ2n) is 4.36. The molecule has 0 heterocycles. The van der Waals surface area contributed by atoms with Gasteiger partial charge in [0.05, 0.1) is 16.2 Å². The molecule has 0 radical (unpaired) electrons. The summed E-state index contributed by atoms with van der Waals surface area (Å²) in [7, 11) is 0. The number of non-ortho nitro benzene ring substituents is 1. The van der Waals surface area contributed by atoms with E-state index < -0.39 is 16.6 Å². The van der Waals surface area contributed by atoms with Gasteiger partial charge in [0.15, 0.2) is 5.78 Å². The molecule has 2 aromatic rings. The van der Waals surface area contributed by atoms with E-state index in [-0.39, 0.29) is 22.8 Å². The van der Waals surface area contributed by atoms with Gasteiger partial charge in [0.2, 0.25) is 5.91 Å². The highest BCUT2D eigenvalue weighted by atomic mass is 35.5. The summed E-state index contributed by atoms with van der Waals surface area (Å²) in [6, 6.07) is 12.0. The molecule has 6 nitrogen and oxygen atoms in total. The molecule has 2 rings (SSSR count).